The lowest BCUT2D eigenvalue weighted by molar-refractivity contribution is 0.483. The standard InChI is InChI=1S/C20H26.C7H8O3S/c1-3-5-7-17-9-13-19(14-10-17)20-15-11-18(12-16-20)8-6-4-2;1-6-2-4-7(5-3-6)11(8,9)10/h9-16H,3-8H2,1-2H3;2-5H,1H3,(H,8,9,10). The maximum Gasteiger partial charge on any atom is 0.294 e. The highest BCUT2D eigenvalue weighted by atomic mass is 32.2. The Bertz CT molecular complexity index is 954. The number of rotatable bonds is 8. The average molecular weight is 439 g/mol. The molecule has 0 saturated heterocycles. The molecule has 3 nitrogen and oxygen atoms in total. The van der Waals surface area contributed by atoms with E-state index in [4.69, 9.17) is 4.55 Å². The fourth-order valence-electron chi connectivity index (χ4n) is 3.20. The van der Waals surface area contributed by atoms with Gasteiger partial charge in [-0.15, -0.1) is 0 Å². The molecule has 0 amide bonds. The van der Waals surface area contributed by atoms with Crippen LogP contribution < -0.4 is 0 Å². The van der Waals surface area contributed by atoms with E-state index in [1.54, 1.807) is 12.1 Å². The van der Waals surface area contributed by atoms with Gasteiger partial charge in [-0.05, 0) is 67.0 Å². The van der Waals surface area contributed by atoms with E-state index in [1.165, 1.54) is 72.9 Å². The van der Waals surface area contributed by atoms with Crippen molar-refractivity contribution < 1.29 is 13.0 Å². The molecule has 3 aromatic rings. The second-order valence-corrected chi connectivity index (χ2v) is 9.31. The molecule has 3 aromatic carbocycles. The molecule has 0 aliphatic heterocycles. The molecule has 0 aromatic heterocycles. The second kappa shape index (κ2) is 12.4. The molecular formula is C27H34O3S. The van der Waals surface area contributed by atoms with Crippen molar-refractivity contribution in [3.05, 3.63) is 89.5 Å². The summed E-state index contributed by atoms with van der Waals surface area (Å²) in [5.41, 5.74) is 6.52. The van der Waals surface area contributed by atoms with Crippen LogP contribution in [0.5, 0.6) is 0 Å². The van der Waals surface area contributed by atoms with Crippen molar-refractivity contribution in [1.82, 2.24) is 0 Å². The van der Waals surface area contributed by atoms with Gasteiger partial charge in [0.15, 0.2) is 0 Å². The van der Waals surface area contributed by atoms with E-state index in [0.717, 1.165) is 5.56 Å². The minimum absolute atomic E-state index is 0.0666. The van der Waals surface area contributed by atoms with E-state index >= 15 is 0 Å². The molecule has 0 aliphatic carbocycles. The van der Waals surface area contributed by atoms with Crippen molar-refractivity contribution in [2.24, 2.45) is 0 Å². The van der Waals surface area contributed by atoms with Crippen molar-refractivity contribution in [1.29, 1.82) is 0 Å². The molecule has 4 heteroatoms. The van der Waals surface area contributed by atoms with Crippen LogP contribution in [0.25, 0.3) is 11.1 Å². The van der Waals surface area contributed by atoms with Crippen LogP contribution in [-0.2, 0) is 23.0 Å². The normalized spacial score (nSPS) is 11.0. The predicted molar refractivity (Wildman–Crippen MR) is 130 cm³/mol. The topological polar surface area (TPSA) is 54.4 Å². The average Bonchev–Trinajstić information content (AvgIpc) is 2.77. The molecule has 0 bridgehead atoms. The minimum Gasteiger partial charge on any atom is -0.282 e. The number of hydrogen-bond donors (Lipinski definition) is 1. The molecule has 0 heterocycles. The lowest BCUT2D eigenvalue weighted by atomic mass is 9.99. The van der Waals surface area contributed by atoms with Crippen LogP contribution in [0.1, 0.15) is 56.2 Å². The summed E-state index contributed by atoms with van der Waals surface area (Å²) in [5.74, 6) is 0. The summed E-state index contributed by atoms with van der Waals surface area (Å²) in [6.07, 6.45) is 7.50. The number of aryl methyl sites for hydroxylation is 3. The van der Waals surface area contributed by atoms with E-state index < -0.39 is 10.1 Å². The molecule has 1 N–H and O–H groups in total. The van der Waals surface area contributed by atoms with Crippen molar-refractivity contribution in [3.8, 4) is 11.1 Å². The summed E-state index contributed by atoms with van der Waals surface area (Å²) in [5, 5.41) is 0. The number of hydrogen-bond acceptors (Lipinski definition) is 2. The van der Waals surface area contributed by atoms with Gasteiger partial charge in [0.2, 0.25) is 0 Å². The third-order valence-electron chi connectivity index (χ3n) is 5.20. The maximum atomic E-state index is 10.5. The first-order chi connectivity index (χ1) is 14.8. The Labute approximate surface area is 187 Å². The van der Waals surface area contributed by atoms with E-state index in [0.29, 0.717) is 0 Å². The lowest BCUT2D eigenvalue weighted by Crippen LogP contribution is -1.96. The summed E-state index contributed by atoms with van der Waals surface area (Å²) in [4.78, 5) is -0.0666. The first-order valence-corrected chi connectivity index (χ1v) is 12.5. The van der Waals surface area contributed by atoms with Gasteiger partial charge in [0, 0.05) is 0 Å². The number of benzene rings is 3. The van der Waals surface area contributed by atoms with E-state index in [9.17, 15) is 8.42 Å². The molecular weight excluding hydrogens is 404 g/mol. The molecule has 0 fully saturated rings. The van der Waals surface area contributed by atoms with Crippen LogP contribution in [0.3, 0.4) is 0 Å². The summed E-state index contributed by atoms with van der Waals surface area (Å²) in [6.45, 7) is 6.33. The van der Waals surface area contributed by atoms with E-state index in [1.807, 2.05) is 6.92 Å². The first kappa shape index (κ1) is 24.8. The van der Waals surface area contributed by atoms with Gasteiger partial charge in [0.05, 0.1) is 4.90 Å². The van der Waals surface area contributed by atoms with Crippen LogP contribution in [0.15, 0.2) is 77.7 Å². The fraction of sp³-hybridized carbons (Fsp3) is 0.333. The Kier molecular flexibility index (Phi) is 9.96. The second-order valence-electron chi connectivity index (χ2n) is 7.89. The Hall–Kier alpha value is -2.43. The van der Waals surface area contributed by atoms with Crippen molar-refractivity contribution in [2.75, 3.05) is 0 Å². The number of unbranched alkanes of at least 4 members (excludes halogenated alkanes) is 2. The predicted octanol–water partition coefficient (Wildman–Crippen LogP) is 7.28. The third kappa shape index (κ3) is 8.68. The molecule has 0 aliphatic rings. The van der Waals surface area contributed by atoms with Crippen LogP contribution in [-0.4, -0.2) is 13.0 Å². The van der Waals surface area contributed by atoms with Crippen LogP contribution in [0.2, 0.25) is 0 Å². The van der Waals surface area contributed by atoms with Crippen molar-refractivity contribution >= 4 is 10.1 Å². The SMILES string of the molecule is CCCCc1ccc(-c2ccc(CCCC)cc2)cc1.Cc1ccc(S(=O)(=O)O)cc1. The summed E-state index contributed by atoms with van der Waals surface area (Å²) in [6, 6.07) is 24.1. The molecule has 0 spiro atoms. The monoisotopic (exact) mass is 438 g/mol. The first-order valence-electron chi connectivity index (χ1n) is 11.1. The zero-order valence-corrected chi connectivity index (χ0v) is 19.7. The molecule has 166 valence electrons. The van der Waals surface area contributed by atoms with E-state index in [2.05, 4.69) is 62.4 Å². The van der Waals surface area contributed by atoms with E-state index in [-0.39, 0.29) is 4.90 Å². The highest BCUT2D eigenvalue weighted by Crippen LogP contribution is 2.21. The fourth-order valence-corrected chi connectivity index (χ4v) is 3.68. The zero-order valence-electron chi connectivity index (χ0n) is 18.8. The van der Waals surface area contributed by atoms with Gasteiger partial charge in [-0.2, -0.15) is 8.42 Å². The minimum atomic E-state index is -4.02. The molecule has 0 atom stereocenters. The van der Waals surface area contributed by atoms with Crippen LogP contribution in [0.4, 0.5) is 0 Å². The van der Waals surface area contributed by atoms with Gasteiger partial charge in [-0.3, -0.25) is 4.55 Å². The van der Waals surface area contributed by atoms with Crippen molar-refractivity contribution in [3.63, 3.8) is 0 Å². The summed E-state index contributed by atoms with van der Waals surface area (Å²) < 4.78 is 29.6. The highest BCUT2D eigenvalue weighted by Gasteiger charge is 2.06. The highest BCUT2D eigenvalue weighted by molar-refractivity contribution is 7.85. The smallest absolute Gasteiger partial charge is 0.282 e. The zero-order chi connectivity index (χ0) is 22.7. The maximum absolute atomic E-state index is 10.5. The van der Waals surface area contributed by atoms with Gasteiger partial charge < -0.3 is 0 Å². The third-order valence-corrected chi connectivity index (χ3v) is 6.07. The van der Waals surface area contributed by atoms with Gasteiger partial charge in [-0.1, -0.05) is 92.9 Å². The molecule has 0 unspecified atom stereocenters. The Balaban J connectivity index is 0.000000262. The summed E-state index contributed by atoms with van der Waals surface area (Å²) in [7, 11) is -4.02. The van der Waals surface area contributed by atoms with Crippen LogP contribution >= 0.6 is 0 Å². The molecule has 0 saturated carbocycles. The quantitative estimate of drug-likeness (QED) is 0.376. The molecule has 0 radical (unpaired) electrons. The lowest BCUT2D eigenvalue weighted by Gasteiger charge is -2.06. The largest absolute Gasteiger partial charge is 0.294 e. The van der Waals surface area contributed by atoms with Gasteiger partial charge in [0.25, 0.3) is 10.1 Å². The summed E-state index contributed by atoms with van der Waals surface area (Å²) >= 11 is 0. The Morgan fingerprint density at radius 3 is 1.35 bits per heavy atom. The Morgan fingerprint density at radius 1 is 0.645 bits per heavy atom. The Morgan fingerprint density at radius 2 is 1.03 bits per heavy atom. The van der Waals surface area contributed by atoms with Gasteiger partial charge in [0.1, 0.15) is 0 Å². The molecule has 31 heavy (non-hydrogen) atoms. The van der Waals surface area contributed by atoms with Crippen molar-refractivity contribution in [2.45, 2.75) is 64.2 Å². The van der Waals surface area contributed by atoms with Crippen LogP contribution in [0, 0.1) is 6.92 Å². The molecule has 3 rings (SSSR count). The van der Waals surface area contributed by atoms with Gasteiger partial charge in [-0.25, -0.2) is 0 Å². The van der Waals surface area contributed by atoms with Gasteiger partial charge >= 0.3 is 0 Å².